The molecule has 0 aliphatic rings. The topological polar surface area (TPSA) is 102 Å². The Morgan fingerprint density at radius 2 is 2.00 bits per heavy atom. The number of nitrogens with zero attached hydrogens (tertiary/aromatic N) is 2. The van der Waals surface area contributed by atoms with Crippen molar-refractivity contribution in [3.8, 4) is 11.4 Å². The lowest BCUT2D eigenvalue weighted by atomic mass is 10.3. The van der Waals surface area contributed by atoms with Crippen LogP contribution in [0.15, 0.2) is 56.6 Å². The highest BCUT2D eigenvalue weighted by Crippen LogP contribution is 2.19. The fraction of sp³-hybridized carbons (Fsp3) is 0.235. The van der Waals surface area contributed by atoms with Gasteiger partial charge < -0.3 is 9.84 Å². The Balaban J connectivity index is 1.43. The molecule has 136 valence electrons. The van der Waals surface area contributed by atoms with E-state index in [-0.39, 0.29) is 29.5 Å². The molecule has 0 aliphatic carbocycles. The second-order valence-corrected chi connectivity index (χ2v) is 8.39. The monoisotopic (exact) mass is 391 g/mol. The van der Waals surface area contributed by atoms with Crippen molar-refractivity contribution in [2.24, 2.45) is 0 Å². The normalized spacial score (nSPS) is 11.4. The first-order valence-electron chi connectivity index (χ1n) is 7.94. The van der Waals surface area contributed by atoms with Crippen LogP contribution in [0.2, 0.25) is 0 Å². The van der Waals surface area contributed by atoms with Gasteiger partial charge in [-0.2, -0.15) is 16.3 Å². The number of amides is 1. The maximum Gasteiger partial charge on any atom is 0.227 e. The first-order chi connectivity index (χ1) is 12.5. The average Bonchev–Trinajstić information content (AvgIpc) is 3.32. The van der Waals surface area contributed by atoms with Crippen molar-refractivity contribution in [3.63, 3.8) is 0 Å². The Kier molecular flexibility index (Phi) is 5.79. The lowest BCUT2D eigenvalue weighted by Crippen LogP contribution is -2.29. The number of benzene rings is 1. The summed E-state index contributed by atoms with van der Waals surface area (Å²) in [7, 11) is -3.40. The van der Waals surface area contributed by atoms with Gasteiger partial charge in [-0.3, -0.25) is 4.79 Å². The molecule has 0 saturated heterocycles. The van der Waals surface area contributed by atoms with Crippen LogP contribution in [0.4, 0.5) is 0 Å². The molecular formula is C17H17N3O4S2. The minimum absolute atomic E-state index is 0.0556. The van der Waals surface area contributed by atoms with Crippen LogP contribution >= 0.6 is 11.3 Å². The van der Waals surface area contributed by atoms with E-state index in [1.54, 1.807) is 18.2 Å². The van der Waals surface area contributed by atoms with Gasteiger partial charge >= 0.3 is 0 Å². The van der Waals surface area contributed by atoms with Gasteiger partial charge in [0, 0.05) is 30.3 Å². The molecular weight excluding hydrogens is 374 g/mol. The summed E-state index contributed by atoms with van der Waals surface area (Å²) in [5, 5.41) is 10.3. The molecule has 0 saturated carbocycles. The lowest BCUT2D eigenvalue weighted by Gasteiger charge is -2.06. The third-order valence-electron chi connectivity index (χ3n) is 3.61. The average molecular weight is 391 g/mol. The van der Waals surface area contributed by atoms with Crippen molar-refractivity contribution in [2.75, 3.05) is 12.3 Å². The van der Waals surface area contributed by atoms with E-state index < -0.39 is 9.84 Å². The van der Waals surface area contributed by atoms with Crippen LogP contribution < -0.4 is 5.32 Å². The molecule has 3 aromatic rings. The molecule has 26 heavy (non-hydrogen) atoms. The quantitative estimate of drug-likeness (QED) is 0.632. The van der Waals surface area contributed by atoms with E-state index in [1.807, 2.05) is 16.8 Å². The molecule has 0 spiro atoms. The Morgan fingerprint density at radius 3 is 2.73 bits per heavy atom. The number of carbonyl (C=O) groups excluding carboxylic acids is 1. The van der Waals surface area contributed by atoms with Crippen LogP contribution in [0.1, 0.15) is 12.3 Å². The molecule has 9 heteroatoms. The van der Waals surface area contributed by atoms with Gasteiger partial charge in [0.2, 0.25) is 17.6 Å². The minimum Gasteiger partial charge on any atom is -0.355 e. The summed E-state index contributed by atoms with van der Waals surface area (Å²) in [5.41, 5.74) is 0.876. The van der Waals surface area contributed by atoms with Crippen LogP contribution in [0.3, 0.4) is 0 Å². The van der Waals surface area contributed by atoms with Crippen LogP contribution in [-0.4, -0.2) is 36.8 Å². The predicted molar refractivity (Wildman–Crippen MR) is 97.4 cm³/mol. The van der Waals surface area contributed by atoms with E-state index in [2.05, 4.69) is 15.5 Å². The number of aromatic nitrogens is 2. The van der Waals surface area contributed by atoms with E-state index in [9.17, 15) is 13.2 Å². The number of thiophene rings is 1. The maximum atomic E-state index is 12.1. The molecule has 1 N–H and O–H groups in total. The Labute approximate surface area is 155 Å². The second kappa shape index (κ2) is 8.24. The first-order valence-corrected chi connectivity index (χ1v) is 10.5. The number of nitrogens with one attached hydrogen (secondary N) is 1. The number of rotatable bonds is 8. The zero-order chi connectivity index (χ0) is 18.4. The molecule has 2 heterocycles. The third-order valence-corrected chi connectivity index (χ3v) is 6.02. The van der Waals surface area contributed by atoms with Gasteiger partial charge in [0.05, 0.1) is 10.6 Å². The van der Waals surface area contributed by atoms with Gasteiger partial charge in [0.25, 0.3) is 0 Å². The van der Waals surface area contributed by atoms with Crippen LogP contribution in [0.5, 0.6) is 0 Å². The predicted octanol–water partition coefficient (Wildman–Crippen LogP) is 2.32. The molecule has 0 unspecified atom stereocenters. The van der Waals surface area contributed by atoms with Gasteiger partial charge in [-0.05, 0) is 23.6 Å². The number of aryl methyl sites for hydroxylation is 1. The fourth-order valence-corrected chi connectivity index (χ4v) is 4.06. The molecule has 0 bridgehead atoms. The van der Waals surface area contributed by atoms with Crippen molar-refractivity contribution >= 4 is 27.1 Å². The largest absolute Gasteiger partial charge is 0.355 e. The summed E-state index contributed by atoms with van der Waals surface area (Å²) in [5.74, 6) is 0.462. The van der Waals surface area contributed by atoms with E-state index in [4.69, 9.17) is 4.52 Å². The molecule has 0 radical (unpaired) electrons. The molecule has 3 rings (SSSR count). The van der Waals surface area contributed by atoms with Crippen molar-refractivity contribution in [2.45, 2.75) is 17.7 Å². The standard InChI is InChI=1S/C17H17N3O4S2/c21-15(18-9-11-26(22,23)14-4-2-1-3-5-14)6-7-16-19-17(20-24-16)13-8-10-25-12-13/h1-5,8,10,12H,6-7,9,11H2,(H,18,21). The molecule has 2 aromatic heterocycles. The first kappa shape index (κ1) is 18.3. The molecule has 7 nitrogen and oxygen atoms in total. The molecule has 1 aromatic carbocycles. The summed E-state index contributed by atoms with van der Waals surface area (Å²) in [6.07, 6.45) is 0.449. The van der Waals surface area contributed by atoms with E-state index in [0.717, 1.165) is 5.56 Å². The smallest absolute Gasteiger partial charge is 0.227 e. The highest BCUT2D eigenvalue weighted by molar-refractivity contribution is 7.91. The Morgan fingerprint density at radius 1 is 1.19 bits per heavy atom. The van der Waals surface area contributed by atoms with E-state index in [0.29, 0.717) is 18.1 Å². The maximum absolute atomic E-state index is 12.1. The van der Waals surface area contributed by atoms with E-state index in [1.165, 1.54) is 23.5 Å². The summed E-state index contributed by atoms with van der Waals surface area (Å²) >= 11 is 1.54. The molecule has 0 aliphatic heterocycles. The molecule has 1 amide bonds. The minimum atomic E-state index is -3.40. The highest BCUT2D eigenvalue weighted by Gasteiger charge is 2.15. The summed E-state index contributed by atoms with van der Waals surface area (Å²) in [6.45, 7) is 0.0556. The summed E-state index contributed by atoms with van der Waals surface area (Å²) < 4.78 is 29.4. The Bertz CT molecular complexity index is 951. The van der Waals surface area contributed by atoms with Gasteiger partial charge in [0.1, 0.15) is 0 Å². The molecule has 0 atom stereocenters. The van der Waals surface area contributed by atoms with Crippen LogP contribution in [0, 0.1) is 0 Å². The van der Waals surface area contributed by atoms with Gasteiger partial charge in [0.15, 0.2) is 9.84 Å². The van der Waals surface area contributed by atoms with Crippen molar-refractivity contribution in [1.29, 1.82) is 0 Å². The Hall–Kier alpha value is -2.52. The molecule has 0 fully saturated rings. The summed E-state index contributed by atoms with van der Waals surface area (Å²) in [4.78, 5) is 16.4. The van der Waals surface area contributed by atoms with Gasteiger partial charge in [-0.1, -0.05) is 23.4 Å². The number of hydrogen-bond donors (Lipinski definition) is 1. The van der Waals surface area contributed by atoms with Crippen LogP contribution in [-0.2, 0) is 21.1 Å². The van der Waals surface area contributed by atoms with E-state index >= 15 is 0 Å². The SMILES string of the molecule is O=C(CCc1nc(-c2ccsc2)no1)NCCS(=O)(=O)c1ccccc1. The lowest BCUT2D eigenvalue weighted by molar-refractivity contribution is -0.121. The fourth-order valence-electron chi connectivity index (χ4n) is 2.24. The number of hydrogen-bond acceptors (Lipinski definition) is 7. The second-order valence-electron chi connectivity index (χ2n) is 5.51. The van der Waals surface area contributed by atoms with Crippen LogP contribution in [0.25, 0.3) is 11.4 Å². The van der Waals surface area contributed by atoms with Crippen molar-refractivity contribution < 1.29 is 17.7 Å². The third kappa shape index (κ3) is 4.77. The number of sulfone groups is 1. The van der Waals surface area contributed by atoms with Crippen molar-refractivity contribution in [1.82, 2.24) is 15.5 Å². The highest BCUT2D eigenvalue weighted by atomic mass is 32.2. The van der Waals surface area contributed by atoms with Crippen molar-refractivity contribution in [3.05, 3.63) is 53.0 Å². The van der Waals surface area contributed by atoms with Gasteiger partial charge in [-0.15, -0.1) is 0 Å². The zero-order valence-corrected chi connectivity index (χ0v) is 15.4. The number of carbonyl (C=O) groups is 1. The van der Waals surface area contributed by atoms with Gasteiger partial charge in [-0.25, -0.2) is 8.42 Å². The zero-order valence-electron chi connectivity index (χ0n) is 13.8. The summed E-state index contributed by atoms with van der Waals surface area (Å²) in [6, 6.07) is 10.1.